The number of hydrogen-bond acceptors (Lipinski definition) is 1. The van der Waals surface area contributed by atoms with E-state index in [0.717, 1.165) is 21.7 Å². The second-order valence-corrected chi connectivity index (χ2v) is 5.51. The normalized spacial score (nSPS) is 12.5. The van der Waals surface area contributed by atoms with Gasteiger partial charge < -0.3 is 5.32 Å². The van der Waals surface area contributed by atoms with Gasteiger partial charge in [-0.25, -0.2) is 0 Å². The Hall–Kier alpha value is -0.730. The van der Waals surface area contributed by atoms with Gasteiger partial charge >= 0.3 is 0 Å². The maximum atomic E-state index is 6.30. The van der Waals surface area contributed by atoms with Crippen molar-refractivity contribution in [2.24, 2.45) is 0 Å². The highest BCUT2D eigenvalue weighted by Crippen LogP contribution is 2.35. The molecule has 0 saturated carbocycles. The van der Waals surface area contributed by atoms with Crippen molar-refractivity contribution in [2.45, 2.75) is 13.0 Å². The molecule has 0 aromatic heterocycles. The molecule has 0 bridgehead atoms. The van der Waals surface area contributed by atoms with E-state index in [1.54, 1.807) is 6.07 Å². The van der Waals surface area contributed by atoms with Gasteiger partial charge in [0.2, 0.25) is 0 Å². The van der Waals surface area contributed by atoms with Crippen LogP contribution in [0.4, 0.5) is 0 Å². The minimum Gasteiger partial charge on any atom is -0.309 e. The molecule has 1 N–H and O–H groups in total. The highest BCUT2D eigenvalue weighted by Gasteiger charge is 2.19. The van der Waals surface area contributed by atoms with E-state index in [0.29, 0.717) is 10.0 Å². The fourth-order valence-electron chi connectivity index (χ4n) is 2.16. The summed E-state index contributed by atoms with van der Waals surface area (Å²) in [6, 6.07) is 11.5. The Balaban J connectivity index is 2.57. The number of hydrogen-bond donors (Lipinski definition) is 1. The van der Waals surface area contributed by atoms with Gasteiger partial charge in [0.15, 0.2) is 0 Å². The molecule has 19 heavy (non-hydrogen) atoms. The molecule has 0 aliphatic carbocycles. The third-order valence-corrected chi connectivity index (χ3v) is 4.44. The highest BCUT2D eigenvalue weighted by molar-refractivity contribution is 6.42. The Bertz CT molecular complexity index is 544. The van der Waals surface area contributed by atoms with Crippen molar-refractivity contribution < 1.29 is 0 Å². The van der Waals surface area contributed by atoms with Gasteiger partial charge in [-0.05, 0) is 42.8 Å². The first-order valence-electron chi connectivity index (χ1n) is 5.92. The summed E-state index contributed by atoms with van der Waals surface area (Å²) in [5.41, 5.74) is 3.08. The van der Waals surface area contributed by atoms with E-state index >= 15 is 0 Å². The molecule has 0 aliphatic heterocycles. The van der Waals surface area contributed by atoms with Crippen LogP contribution in [0.25, 0.3) is 0 Å². The van der Waals surface area contributed by atoms with E-state index in [-0.39, 0.29) is 6.04 Å². The molecule has 100 valence electrons. The highest BCUT2D eigenvalue weighted by atomic mass is 35.5. The van der Waals surface area contributed by atoms with Crippen molar-refractivity contribution in [1.29, 1.82) is 0 Å². The summed E-state index contributed by atoms with van der Waals surface area (Å²) in [7, 11) is 1.89. The summed E-state index contributed by atoms with van der Waals surface area (Å²) in [6.07, 6.45) is 0. The second-order valence-electron chi connectivity index (χ2n) is 4.32. The molecule has 0 radical (unpaired) electrons. The molecule has 0 fully saturated rings. The lowest BCUT2D eigenvalue weighted by molar-refractivity contribution is 0.688. The quantitative estimate of drug-likeness (QED) is 0.814. The van der Waals surface area contributed by atoms with Gasteiger partial charge in [0.05, 0.1) is 16.1 Å². The Morgan fingerprint density at radius 2 is 1.47 bits per heavy atom. The first-order valence-corrected chi connectivity index (χ1v) is 7.05. The lowest BCUT2D eigenvalue weighted by atomic mass is 9.95. The topological polar surface area (TPSA) is 12.0 Å². The van der Waals surface area contributed by atoms with Crippen LogP contribution in [0.1, 0.15) is 22.7 Å². The molecule has 2 rings (SSSR count). The van der Waals surface area contributed by atoms with Crippen molar-refractivity contribution in [2.75, 3.05) is 7.05 Å². The fourth-order valence-corrected chi connectivity index (χ4v) is 2.76. The summed E-state index contributed by atoms with van der Waals surface area (Å²) < 4.78 is 0. The van der Waals surface area contributed by atoms with Crippen LogP contribution in [0, 0.1) is 6.92 Å². The Kier molecular flexibility index (Phi) is 4.75. The first-order chi connectivity index (χ1) is 9.06. The molecule has 4 heteroatoms. The number of nitrogens with one attached hydrogen (secondary N) is 1. The molecule has 0 aliphatic rings. The average Bonchev–Trinajstić information content (AvgIpc) is 2.40. The molecule has 1 atom stereocenters. The second kappa shape index (κ2) is 6.15. The zero-order valence-electron chi connectivity index (χ0n) is 10.7. The van der Waals surface area contributed by atoms with Crippen LogP contribution >= 0.6 is 34.8 Å². The number of halogens is 3. The minimum absolute atomic E-state index is 0.0371. The molecule has 0 amide bonds. The predicted molar refractivity (Wildman–Crippen MR) is 83.6 cm³/mol. The molecular weight excluding hydrogens is 301 g/mol. The van der Waals surface area contributed by atoms with Crippen molar-refractivity contribution >= 4 is 34.8 Å². The lowest BCUT2D eigenvalue weighted by Crippen LogP contribution is -2.19. The van der Waals surface area contributed by atoms with Crippen molar-refractivity contribution in [1.82, 2.24) is 5.32 Å². The van der Waals surface area contributed by atoms with Gasteiger partial charge in [-0.1, -0.05) is 59.1 Å². The van der Waals surface area contributed by atoms with Crippen LogP contribution in [0.5, 0.6) is 0 Å². The molecule has 1 unspecified atom stereocenters. The van der Waals surface area contributed by atoms with Gasteiger partial charge in [-0.2, -0.15) is 0 Å². The molecular formula is C15H14Cl3N. The van der Waals surface area contributed by atoms with Crippen molar-refractivity contribution in [3.8, 4) is 0 Å². The van der Waals surface area contributed by atoms with Crippen LogP contribution in [-0.2, 0) is 0 Å². The lowest BCUT2D eigenvalue weighted by Gasteiger charge is -2.21. The fraction of sp³-hybridized carbons (Fsp3) is 0.200. The van der Waals surface area contributed by atoms with Gasteiger partial charge in [0.25, 0.3) is 0 Å². The molecule has 2 aromatic carbocycles. The summed E-state index contributed by atoms with van der Waals surface area (Å²) in [4.78, 5) is 0. The van der Waals surface area contributed by atoms with Gasteiger partial charge in [0.1, 0.15) is 0 Å². The van der Waals surface area contributed by atoms with Crippen LogP contribution in [0.2, 0.25) is 15.1 Å². The van der Waals surface area contributed by atoms with Gasteiger partial charge in [0, 0.05) is 5.02 Å². The number of benzene rings is 2. The molecule has 1 nitrogen and oxygen atoms in total. The summed E-state index contributed by atoms with van der Waals surface area (Å²) in [5, 5.41) is 5.14. The third kappa shape index (κ3) is 2.90. The summed E-state index contributed by atoms with van der Waals surface area (Å²) in [5.74, 6) is 0. The monoisotopic (exact) mass is 313 g/mol. The van der Waals surface area contributed by atoms with E-state index < -0.39 is 0 Å². The summed E-state index contributed by atoms with van der Waals surface area (Å²) >= 11 is 18.6. The van der Waals surface area contributed by atoms with Crippen LogP contribution in [0.15, 0.2) is 36.4 Å². The SMILES string of the molecule is CNC(c1cccc(Cl)c1C)c1cccc(Cl)c1Cl. The zero-order chi connectivity index (χ0) is 14.0. The van der Waals surface area contributed by atoms with E-state index in [1.165, 1.54) is 0 Å². The molecule has 0 heterocycles. The van der Waals surface area contributed by atoms with E-state index in [4.69, 9.17) is 34.8 Å². The Morgan fingerprint density at radius 1 is 0.895 bits per heavy atom. The predicted octanol–water partition coefficient (Wildman–Crippen LogP) is 5.26. The first kappa shape index (κ1) is 14.7. The standard InChI is InChI=1S/C15H14Cl3N/c1-9-10(5-3-7-12(9)16)15(19-2)11-6-4-8-13(17)14(11)18/h3-8,15,19H,1-2H3. The smallest absolute Gasteiger partial charge is 0.0643 e. The Labute approximate surface area is 128 Å². The molecule has 0 saturated heterocycles. The molecule has 2 aromatic rings. The van der Waals surface area contributed by atoms with E-state index in [9.17, 15) is 0 Å². The van der Waals surface area contributed by atoms with E-state index in [1.807, 2.05) is 44.3 Å². The van der Waals surface area contributed by atoms with Crippen molar-refractivity contribution in [3.63, 3.8) is 0 Å². The van der Waals surface area contributed by atoms with Crippen LogP contribution in [0.3, 0.4) is 0 Å². The van der Waals surface area contributed by atoms with E-state index in [2.05, 4.69) is 5.32 Å². The Morgan fingerprint density at radius 3 is 2.11 bits per heavy atom. The van der Waals surface area contributed by atoms with Crippen LogP contribution in [-0.4, -0.2) is 7.05 Å². The molecule has 0 spiro atoms. The van der Waals surface area contributed by atoms with Gasteiger partial charge in [-0.15, -0.1) is 0 Å². The minimum atomic E-state index is -0.0371. The summed E-state index contributed by atoms with van der Waals surface area (Å²) in [6.45, 7) is 2.00. The maximum Gasteiger partial charge on any atom is 0.0643 e. The average molecular weight is 315 g/mol. The maximum absolute atomic E-state index is 6.30. The van der Waals surface area contributed by atoms with Crippen molar-refractivity contribution in [3.05, 3.63) is 68.2 Å². The number of rotatable bonds is 3. The zero-order valence-corrected chi connectivity index (χ0v) is 12.9. The van der Waals surface area contributed by atoms with Gasteiger partial charge in [-0.3, -0.25) is 0 Å². The largest absolute Gasteiger partial charge is 0.309 e. The van der Waals surface area contributed by atoms with Crippen LogP contribution < -0.4 is 5.32 Å². The third-order valence-electron chi connectivity index (χ3n) is 3.20.